The Hall–Kier alpha value is -0.180. The van der Waals surface area contributed by atoms with Crippen LogP contribution in [0.1, 0.15) is 25.7 Å². The number of rotatable bonds is 2. The number of halogens is 1. The molecule has 1 aromatic carbocycles. The first kappa shape index (κ1) is 11.3. The topological polar surface area (TPSA) is 20.2 Å². The van der Waals surface area contributed by atoms with Crippen LogP contribution >= 0.6 is 23.4 Å². The molecule has 0 unspecified atom stereocenters. The summed E-state index contributed by atoms with van der Waals surface area (Å²) in [6.07, 6.45) is 4.04. The van der Waals surface area contributed by atoms with Crippen LogP contribution in [0, 0.1) is 0 Å². The average molecular weight is 243 g/mol. The third kappa shape index (κ3) is 3.40. The van der Waals surface area contributed by atoms with E-state index in [1.807, 2.05) is 30.0 Å². The van der Waals surface area contributed by atoms with E-state index < -0.39 is 0 Å². The molecule has 82 valence electrons. The highest BCUT2D eigenvalue weighted by atomic mass is 35.5. The Morgan fingerprint density at radius 2 is 1.93 bits per heavy atom. The molecule has 1 aliphatic rings. The highest BCUT2D eigenvalue weighted by Gasteiger charge is 2.19. The van der Waals surface area contributed by atoms with E-state index in [0.29, 0.717) is 5.25 Å². The smallest absolute Gasteiger partial charge is 0.0541 e. The number of hydrogen-bond acceptors (Lipinski definition) is 2. The molecule has 15 heavy (non-hydrogen) atoms. The van der Waals surface area contributed by atoms with Crippen LogP contribution in [0.3, 0.4) is 0 Å². The van der Waals surface area contributed by atoms with Gasteiger partial charge in [-0.1, -0.05) is 17.7 Å². The fourth-order valence-corrected chi connectivity index (χ4v) is 3.40. The molecule has 2 rings (SSSR count). The van der Waals surface area contributed by atoms with Gasteiger partial charge in [0.15, 0.2) is 0 Å². The van der Waals surface area contributed by atoms with Gasteiger partial charge >= 0.3 is 0 Å². The molecule has 1 aliphatic carbocycles. The van der Waals surface area contributed by atoms with Crippen LogP contribution in [0.2, 0.25) is 5.02 Å². The summed E-state index contributed by atoms with van der Waals surface area (Å²) in [4.78, 5) is 1.24. The lowest BCUT2D eigenvalue weighted by atomic mass is 9.97. The van der Waals surface area contributed by atoms with Crippen molar-refractivity contribution in [2.24, 2.45) is 0 Å². The van der Waals surface area contributed by atoms with Crippen LogP contribution in [-0.2, 0) is 0 Å². The fourth-order valence-electron chi connectivity index (χ4n) is 1.90. The minimum absolute atomic E-state index is 0.0683. The summed E-state index contributed by atoms with van der Waals surface area (Å²) in [5, 5.41) is 10.9. The number of hydrogen-bond donors (Lipinski definition) is 1. The Morgan fingerprint density at radius 1 is 1.20 bits per heavy atom. The van der Waals surface area contributed by atoms with E-state index in [2.05, 4.69) is 6.07 Å². The second-order valence-electron chi connectivity index (χ2n) is 4.01. The predicted octanol–water partition coefficient (Wildman–Crippen LogP) is 3.74. The molecule has 0 heterocycles. The highest BCUT2D eigenvalue weighted by Crippen LogP contribution is 2.34. The van der Waals surface area contributed by atoms with E-state index in [1.165, 1.54) is 4.90 Å². The van der Waals surface area contributed by atoms with Crippen molar-refractivity contribution in [3.05, 3.63) is 29.3 Å². The zero-order valence-corrected chi connectivity index (χ0v) is 10.1. The summed E-state index contributed by atoms with van der Waals surface area (Å²) in [5.74, 6) is 0. The zero-order chi connectivity index (χ0) is 10.7. The standard InChI is InChI=1S/C12H15ClOS/c13-9-2-1-3-12(8-9)15-11-6-4-10(14)5-7-11/h1-3,8,10-11,14H,4-7H2. The molecule has 1 N–H and O–H groups in total. The van der Waals surface area contributed by atoms with E-state index >= 15 is 0 Å². The molecule has 0 aromatic heterocycles. The summed E-state index contributed by atoms with van der Waals surface area (Å²) in [6, 6.07) is 8.00. The molecule has 0 atom stereocenters. The van der Waals surface area contributed by atoms with Crippen molar-refractivity contribution in [3.8, 4) is 0 Å². The van der Waals surface area contributed by atoms with Gasteiger partial charge in [-0.3, -0.25) is 0 Å². The third-order valence-corrected chi connectivity index (χ3v) is 4.31. The number of aliphatic hydroxyl groups excluding tert-OH is 1. The van der Waals surface area contributed by atoms with Crippen molar-refractivity contribution in [1.82, 2.24) is 0 Å². The molecule has 0 spiro atoms. The van der Waals surface area contributed by atoms with E-state index in [-0.39, 0.29) is 6.10 Å². The second-order valence-corrected chi connectivity index (χ2v) is 5.82. The Bertz CT molecular complexity index is 321. The largest absolute Gasteiger partial charge is 0.393 e. The summed E-state index contributed by atoms with van der Waals surface area (Å²) < 4.78 is 0. The Labute approximate surface area is 99.8 Å². The van der Waals surface area contributed by atoms with E-state index in [4.69, 9.17) is 11.6 Å². The summed E-state index contributed by atoms with van der Waals surface area (Å²) in [7, 11) is 0. The van der Waals surface area contributed by atoms with Gasteiger partial charge in [0, 0.05) is 15.2 Å². The van der Waals surface area contributed by atoms with Crippen LogP contribution in [0.4, 0.5) is 0 Å². The normalized spacial score (nSPS) is 26.5. The van der Waals surface area contributed by atoms with Crippen molar-refractivity contribution in [2.45, 2.75) is 41.9 Å². The van der Waals surface area contributed by atoms with Gasteiger partial charge in [-0.25, -0.2) is 0 Å². The first-order valence-electron chi connectivity index (χ1n) is 5.34. The molecule has 1 aromatic rings. The van der Waals surface area contributed by atoms with Gasteiger partial charge in [-0.15, -0.1) is 11.8 Å². The van der Waals surface area contributed by atoms with E-state index in [9.17, 15) is 5.11 Å². The monoisotopic (exact) mass is 242 g/mol. The lowest BCUT2D eigenvalue weighted by Crippen LogP contribution is -2.19. The SMILES string of the molecule is OC1CCC(Sc2cccc(Cl)c2)CC1. The molecule has 1 nitrogen and oxygen atoms in total. The molecular weight excluding hydrogens is 228 g/mol. The summed E-state index contributed by atoms with van der Waals surface area (Å²) in [6.45, 7) is 0. The Kier molecular flexibility index (Phi) is 3.95. The second kappa shape index (κ2) is 5.24. The average Bonchev–Trinajstić information content (AvgIpc) is 2.22. The maximum absolute atomic E-state index is 9.41. The molecule has 0 radical (unpaired) electrons. The van der Waals surface area contributed by atoms with Gasteiger partial charge in [-0.05, 0) is 43.9 Å². The molecule has 0 saturated heterocycles. The van der Waals surface area contributed by atoms with Gasteiger partial charge < -0.3 is 5.11 Å². The number of thioether (sulfide) groups is 1. The van der Waals surface area contributed by atoms with Gasteiger partial charge in [-0.2, -0.15) is 0 Å². The van der Waals surface area contributed by atoms with Crippen LogP contribution in [-0.4, -0.2) is 16.5 Å². The van der Waals surface area contributed by atoms with E-state index in [0.717, 1.165) is 30.7 Å². The predicted molar refractivity (Wildman–Crippen MR) is 65.6 cm³/mol. The van der Waals surface area contributed by atoms with Gasteiger partial charge in [0.05, 0.1) is 6.10 Å². The maximum Gasteiger partial charge on any atom is 0.0541 e. The van der Waals surface area contributed by atoms with Gasteiger partial charge in [0.2, 0.25) is 0 Å². The van der Waals surface area contributed by atoms with Crippen molar-refractivity contribution in [2.75, 3.05) is 0 Å². The number of aliphatic hydroxyl groups is 1. The minimum Gasteiger partial charge on any atom is -0.393 e. The Morgan fingerprint density at radius 3 is 2.60 bits per heavy atom. The molecule has 3 heteroatoms. The first-order valence-corrected chi connectivity index (χ1v) is 6.60. The van der Waals surface area contributed by atoms with E-state index in [1.54, 1.807) is 0 Å². The zero-order valence-electron chi connectivity index (χ0n) is 8.53. The van der Waals surface area contributed by atoms with Gasteiger partial charge in [0.25, 0.3) is 0 Å². The molecule has 0 amide bonds. The first-order chi connectivity index (χ1) is 7.24. The quantitative estimate of drug-likeness (QED) is 0.853. The third-order valence-electron chi connectivity index (χ3n) is 2.74. The fraction of sp³-hybridized carbons (Fsp3) is 0.500. The molecule has 0 aliphatic heterocycles. The van der Waals surface area contributed by atoms with Crippen LogP contribution in [0.25, 0.3) is 0 Å². The maximum atomic E-state index is 9.41. The van der Waals surface area contributed by atoms with Crippen molar-refractivity contribution >= 4 is 23.4 Å². The lowest BCUT2D eigenvalue weighted by Gasteiger charge is -2.24. The van der Waals surface area contributed by atoms with Gasteiger partial charge in [0.1, 0.15) is 0 Å². The summed E-state index contributed by atoms with van der Waals surface area (Å²) in [5.41, 5.74) is 0. The lowest BCUT2D eigenvalue weighted by molar-refractivity contribution is 0.132. The van der Waals surface area contributed by atoms with Crippen LogP contribution in [0.15, 0.2) is 29.2 Å². The van der Waals surface area contributed by atoms with Crippen LogP contribution < -0.4 is 0 Å². The number of benzene rings is 1. The Balaban J connectivity index is 1.92. The van der Waals surface area contributed by atoms with Crippen molar-refractivity contribution < 1.29 is 5.11 Å². The van der Waals surface area contributed by atoms with Crippen molar-refractivity contribution in [3.63, 3.8) is 0 Å². The highest BCUT2D eigenvalue weighted by molar-refractivity contribution is 8.00. The molecule has 1 saturated carbocycles. The minimum atomic E-state index is -0.0683. The van der Waals surface area contributed by atoms with Crippen LogP contribution in [0.5, 0.6) is 0 Å². The molecular formula is C12H15ClOS. The van der Waals surface area contributed by atoms with Crippen molar-refractivity contribution in [1.29, 1.82) is 0 Å². The summed E-state index contributed by atoms with van der Waals surface area (Å²) >= 11 is 7.82. The molecule has 1 fully saturated rings. The molecule has 0 bridgehead atoms.